The van der Waals surface area contributed by atoms with Crippen LogP contribution in [0.3, 0.4) is 0 Å². The number of rotatable bonds is 4. The molecule has 2 aromatic heterocycles. The van der Waals surface area contributed by atoms with Gasteiger partial charge in [0.2, 0.25) is 0 Å². The Morgan fingerprint density at radius 3 is 2.43 bits per heavy atom. The van der Waals surface area contributed by atoms with Crippen molar-refractivity contribution in [3.8, 4) is 0 Å². The summed E-state index contributed by atoms with van der Waals surface area (Å²) in [5.74, 6) is 0.882. The Balaban J connectivity index is 1.79. The lowest BCUT2D eigenvalue weighted by Gasteiger charge is -2.16. The first-order valence-electron chi connectivity index (χ1n) is 7.60. The van der Waals surface area contributed by atoms with Gasteiger partial charge in [-0.25, -0.2) is 9.97 Å². The van der Waals surface area contributed by atoms with Gasteiger partial charge in [0.25, 0.3) is 0 Å². The van der Waals surface area contributed by atoms with Crippen molar-refractivity contribution in [2.24, 2.45) is 0 Å². The fourth-order valence-electron chi connectivity index (χ4n) is 2.78. The van der Waals surface area contributed by atoms with Crippen LogP contribution in [0.4, 0.5) is 0 Å². The predicted molar refractivity (Wildman–Crippen MR) is 98.2 cm³/mol. The number of thiophene rings is 1. The van der Waals surface area contributed by atoms with Crippen molar-refractivity contribution >= 4 is 33.2 Å². The third-order valence-corrected chi connectivity index (χ3v) is 5.39. The Hall–Kier alpha value is -1.49. The van der Waals surface area contributed by atoms with Crippen molar-refractivity contribution in [1.29, 1.82) is 0 Å². The summed E-state index contributed by atoms with van der Waals surface area (Å²) in [7, 11) is 2.09. The second-order valence-corrected chi connectivity index (χ2v) is 7.63. The van der Waals surface area contributed by atoms with Gasteiger partial charge in [0.1, 0.15) is 10.7 Å². The highest BCUT2D eigenvalue weighted by Crippen LogP contribution is 2.30. The summed E-state index contributed by atoms with van der Waals surface area (Å²) in [6, 6.07) is 7.96. The molecule has 3 rings (SSSR count). The number of halogens is 1. The monoisotopic (exact) mass is 345 g/mol. The van der Waals surface area contributed by atoms with E-state index in [0.717, 1.165) is 34.5 Å². The molecule has 0 saturated heterocycles. The maximum absolute atomic E-state index is 5.93. The molecule has 3 nitrogen and oxygen atoms in total. The minimum Gasteiger partial charge on any atom is -0.295 e. The molecule has 0 bridgehead atoms. The molecule has 2 heterocycles. The van der Waals surface area contributed by atoms with Crippen LogP contribution >= 0.6 is 22.9 Å². The lowest BCUT2D eigenvalue weighted by Crippen LogP contribution is -2.19. The summed E-state index contributed by atoms with van der Waals surface area (Å²) in [6.07, 6.45) is 0. The number of fused-ring (bicyclic) bond motifs is 1. The molecule has 120 valence electrons. The minimum absolute atomic E-state index is 0.732. The summed E-state index contributed by atoms with van der Waals surface area (Å²) in [5, 5.41) is 1.99. The van der Waals surface area contributed by atoms with Crippen molar-refractivity contribution in [2.75, 3.05) is 7.05 Å². The first-order valence-corrected chi connectivity index (χ1v) is 8.79. The summed E-state index contributed by atoms with van der Waals surface area (Å²) >= 11 is 7.69. The van der Waals surface area contributed by atoms with E-state index in [9.17, 15) is 0 Å². The normalized spacial score (nSPS) is 11.6. The van der Waals surface area contributed by atoms with Gasteiger partial charge in [-0.3, -0.25) is 4.90 Å². The van der Waals surface area contributed by atoms with Gasteiger partial charge >= 0.3 is 0 Å². The highest BCUT2D eigenvalue weighted by atomic mass is 35.5. The first-order chi connectivity index (χ1) is 10.9. The lowest BCUT2D eigenvalue weighted by molar-refractivity contribution is 0.311. The maximum Gasteiger partial charge on any atom is 0.144 e. The molecule has 0 spiro atoms. The topological polar surface area (TPSA) is 29.0 Å². The third kappa shape index (κ3) is 3.55. The highest BCUT2D eigenvalue weighted by Gasteiger charge is 2.13. The van der Waals surface area contributed by atoms with Crippen LogP contribution in [0.1, 0.15) is 27.5 Å². The van der Waals surface area contributed by atoms with Crippen LogP contribution in [0.5, 0.6) is 0 Å². The van der Waals surface area contributed by atoms with E-state index in [1.54, 1.807) is 11.3 Å². The van der Waals surface area contributed by atoms with Crippen molar-refractivity contribution < 1.29 is 0 Å². The van der Waals surface area contributed by atoms with E-state index in [1.807, 2.05) is 12.1 Å². The molecule has 0 N–H and O–H groups in total. The van der Waals surface area contributed by atoms with Crippen molar-refractivity contribution in [3.05, 3.63) is 56.8 Å². The molecule has 0 fully saturated rings. The number of hydrogen-bond acceptors (Lipinski definition) is 4. The molecule has 0 aliphatic carbocycles. The molecule has 0 saturated carbocycles. The molecule has 0 aliphatic heterocycles. The van der Waals surface area contributed by atoms with E-state index in [4.69, 9.17) is 21.6 Å². The van der Waals surface area contributed by atoms with Gasteiger partial charge in [0.05, 0.1) is 12.2 Å². The van der Waals surface area contributed by atoms with Crippen LogP contribution in [-0.4, -0.2) is 21.9 Å². The number of aromatic nitrogens is 2. The zero-order valence-corrected chi connectivity index (χ0v) is 15.4. The van der Waals surface area contributed by atoms with Gasteiger partial charge in [-0.1, -0.05) is 23.7 Å². The van der Waals surface area contributed by atoms with Crippen LogP contribution in [0.15, 0.2) is 24.3 Å². The number of hydrogen-bond donors (Lipinski definition) is 0. The van der Waals surface area contributed by atoms with Gasteiger partial charge in [0, 0.05) is 21.8 Å². The number of aryl methyl sites for hydroxylation is 3. The Morgan fingerprint density at radius 1 is 1.04 bits per heavy atom. The molecule has 23 heavy (non-hydrogen) atoms. The number of benzene rings is 1. The van der Waals surface area contributed by atoms with Gasteiger partial charge in [-0.15, -0.1) is 11.3 Å². The molecule has 0 radical (unpaired) electrons. The second kappa shape index (κ2) is 6.56. The average Bonchev–Trinajstić information content (AvgIpc) is 2.76. The van der Waals surface area contributed by atoms with E-state index in [2.05, 4.69) is 44.9 Å². The fraction of sp³-hybridized carbons (Fsp3) is 0.333. The molecule has 0 amide bonds. The van der Waals surface area contributed by atoms with Crippen LogP contribution in [0.25, 0.3) is 10.2 Å². The van der Waals surface area contributed by atoms with E-state index in [1.165, 1.54) is 21.4 Å². The van der Waals surface area contributed by atoms with E-state index in [-0.39, 0.29) is 0 Å². The molecule has 0 unspecified atom stereocenters. The van der Waals surface area contributed by atoms with E-state index >= 15 is 0 Å². The molecule has 0 aliphatic rings. The van der Waals surface area contributed by atoms with Crippen LogP contribution < -0.4 is 0 Å². The smallest absolute Gasteiger partial charge is 0.144 e. The third-order valence-electron chi connectivity index (χ3n) is 4.03. The molecular formula is C18H20ClN3S. The van der Waals surface area contributed by atoms with Crippen molar-refractivity contribution in [1.82, 2.24) is 14.9 Å². The Morgan fingerprint density at radius 2 is 1.74 bits per heavy atom. The molecule has 1 aromatic carbocycles. The summed E-state index contributed by atoms with van der Waals surface area (Å²) < 4.78 is 0. The largest absolute Gasteiger partial charge is 0.295 e. The SMILES string of the molecule is Cc1sc2nc(CN(C)Cc3ccc(Cl)cc3)nc(C)c2c1C. The van der Waals surface area contributed by atoms with Gasteiger partial charge in [0.15, 0.2) is 0 Å². The zero-order chi connectivity index (χ0) is 16.6. The molecular weight excluding hydrogens is 326 g/mol. The fourth-order valence-corrected chi connectivity index (χ4v) is 4.00. The first kappa shape index (κ1) is 16.4. The minimum atomic E-state index is 0.732. The Labute approximate surface area is 146 Å². The van der Waals surface area contributed by atoms with E-state index < -0.39 is 0 Å². The summed E-state index contributed by atoms with van der Waals surface area (Å²) in [5.41, 5.74) is 3.62. The lowest BCUT2D eigenvalue weighted by atomic mass is 10.2. The zero-order valence-electron chi connectivity index (χ0n) is 13.9. The quantitative estimate of drug-likeness (QED) is 0.673. The second-order valence-electron chi connectivity index (χ2n) is 5.99. The van der Waals surface area contributed by atoms with Crippen LogP contribution in [0.2, 0.25) is 5.02 Å². The average molecular weight is 346 g/mol. The molecule has 3 aromatic rings. The molecule has 5 heteroatoms. The Kier molecular flexibility index (Phi) is 4.67. The standard InChI is InChI=1S/C18H20ClN3S/c1-11-13(3)23-18-17(11)12(2)20-16(21-18)10-22(4)9-14-5-7-15(19)8-6-14/h5-8H,9-10H2,1-4H3. The predicted octanol–water partition coefficient (Wildman–Crippen LogP) is 4.90. The van der Waals surface area contributed by atoms with Crippen LogP contribution in [-0.2, 0) is 13.1 Å². The number of nitrogens with zero attached hydrogens (tertiary/aromatic N) is 3. The van der Waals surface area contributed by atoms with Crippen molar-refractivity contribution in [3.63, 3.8) is 0 Å². The van der Waals surface area contributed by atoms with E-state index in [0.29, 0.717) is 0 Å². The van der Waals surface area contributed by atoms with Crippen molar-refractivity contribution in [2.45, 2.75) is 33.9 Å². The van der Waals surface area contributed by atoms with Gasteiger partial charge in [-0.2, -0.15) is 0 Å². The highest BCUT2D eigenvalue weighted by molar-refractivity contribution is 7.18. The van der Waals surface area contributed by atoms with Gasteiger partial charge in [-0.05, 0) is 51.1 Å². The molecule has 0 atom stereocenters. The summed E-state index contributed by atoms with van der Waals surface area (Å²) in [6.45, 7) is 7.95. The Bertz CT molecular complexity index is 840. The maximum atomic E-state index is 5.93. The van der Waals surface area contributed by atoms with Gasteiger partial charge < -0.3 is 0 Å². The summed E-state index contributed by atoms with van der Waals surface area (Å²) in [4.78, 5) is 14.1. The van der Waals surface area contributed by atoms with Crippen LogP contribution in [0, 0.1) is 20.8 Å².